The first kappa shape index (κ1) is 19.0. The van der Waals surface area contributed by atoms with Crippen LogP contribution in [0.3, 0.4) is 0 Å². The van der Waals surface area contributed by atoms with Gasteiger partial charge in [-0.15, -0.1) is 0 Å². The minimum atomic E-state index is -0.254. The number of carbonyl (C=O) groups is 1. The van der Waals surface area contributed by atoms with Crippen LogP contribution in [-0.2, 0) is 4.79 Å². The predicted molar refractivity (Wildman–Crippen MR) is 100.0 cm³/mol. The van der Waals surface area contributed by atoms with Crippen LogP contribution >= 0.6 is 0 Å². The van der Waals surface area contributed by atoms with E-state index in [1.165, 1.54) is 0 Å². The highest BCUT2D eigenvalue weighted by Gasteiger charge is 2.19. The molecule has 0 bridgehead atoms. The molecule has 2 rings (SSSR count). The summed E-state index contributed by atoms with van der Waals surface area (Å²) >= 11 is 0. The van der Waals surface area contributed by atoms with Crippen molar-refractivity contribution >= 4 is 11.6 Å². The van der Waals surface area contributed by atoms with Crippen LogP contribution < -0.4 is 10.1 Å². The fourth-order valence-electron chi connectivity index (χ4n) is 2.91. The highest BCUT2D eigenvalue weighted by molar-refractivity contribution is 5.92. The number of rotatable bonds is 7. The van der Waals surface area contributed by atoms with Crippen molar-refractivity contribution in [2.24, 2.45) is 0 Å². The van der Waals surface area contributed by atoms with Crippen molar-refractivity contribution < 1.29 is 14.6 Å². The Bertz CT molecular complexity index is 693. The lowest BCUT2D eigenvalue weighted by molar-refractivity contribution is -0.117. The fraction of sp³-hybridized carbons (Fsp3) is 0.350. The summed E-state index contributed by atoms with van der Waals surface area (Å²) in [5, 5.41) is 12.7. The summed E-state index contributed by atoms with van der Waals surface area (Å²) in [5.74, 6) is 0.648. The third-order valence-corrected chi connectivity index (χ3v) is 4.10. The highest BCUT2D eigenvalue weighted by atomic mass is 16.5. The molecule has 1 unspecified atom stereocenters. The first-order valence-corrected chi connectivity index (χ1v) is 8.26. The second-order valence-corrected chi connectivity index (χ2v) is 6.31. The molecular formula is C20H26N2O3. The third kappa shape index (κ3) is 5.31. The number of aliphatic hydroxyl groups excluding tert-OH is 1. The van der Waals surface area contributed by atoms with Crippen LogP contribution in [0.4, 0.5) is 5.69 Å². The van der Waals surface area contributed by atoms with E-state index in [4.69, 9.17) is 4.74 Å². The Balaban J connectivity index is 2.02. The van der Waals surface area contributed by atoms with Gasteiger partial charge in [0.25, 0.3) is 0 Å². The quantitative estimate of drug-likeness (QED) is 0.812. The maximum absolute atomic E-state index is 12.3. The van der Waals surface area contributed by atoms with Crippen molar-refractivity contribution in [2.45, 2.75) is 19.9 Å². The van der Waals surface area contributed by atoms with E-state index in [1.807, 2.05) is 62.2 Å². The Kier molecular flexibility index (Phi) is 6.56. The van der Waals surface area contributed by atoms with Crippen molar-refractivity contribution in [3.8, 4) is 5.75 Å². The van der Waals surface area contributed by atoms with Crippen LogP contribution in [0.5, 0.6) is 5.75 Å². The SMILES string of the molecule is COc1ccc(C(CO)N(C)CC(=O)Nc2cc(C)cc(C)c2)cc1. The molecule has 2 N–H and O–H groups in total. The van der Waals surface area contributed by atoms with Gasteiger partial charge < -0.3 is 15.2 Å². The monoisotopic (exact) mass is 342 g/mol. The zero-order valence-corrected chi connectivity index (χ0v) is 15.2. The summed E-state index contributed by atoms with van der Waals surface area (Å²) in [6.45, 7) is 4.12. The molecule has 0 aliphatic carbocycles. The molecule has 2 aromatic rings. The normalized spacial score (nSPS) is 12.1. The number of ether oxygens (including phenoxy) is 1. The minimum Gasteiger partial charge on any atom is -0.497 e. The molecule has 0 aliphatic rings. The standard InChI is InChI=1S/C20H26N2O3/c1-14-9-15(2)11-17(10-14)21-20(24)12-22(3)19(13-23)16-5-7-18(25-4)8-6-16/h5-11,19,23H,12-13H2,1-4H3,(H,21,24). The van der Waals surface area contributed by atoms with Crippen molar-refractivity contribution in [3.05, 3.63) is 59.2 Å². The van der Waals surface area contributed by atoms with Crippen LogP contribution in [0, 0.1) is 13.8 Å². The molecule has 25 heavy (non-hydrogen) atoms. The first-order valence-electron chi connectivity index (χ1n) is 8.26. The van der Waals surface area contributed by atoms with E-state index in [-0.39, 0.29) is 25.1 Å². The Labute approximate surface area is 149 Å². The lowest BCUT2D eigenvalue weighted by Gasteiger charge is -2.26. The van der Waals surface area contributed by atoms with Gasteiger partial charge in [0.1, 0.15) is 5.75 Å². The van der Waals surface area contributed by atoms with Crippen molar-refractivity contribution in [3.63, 3.8) is 0 Å². The summed E-state index contributed by atoms with van der Waals surface area (Å²) in [4.78, 5) is 14.2. The Morgan fingerprint density at radius 2 is 1.76 bits per heavy atom. The summed E-state index contributed by atoms with van der Waals surface area (Å²) in [5.41, 5.74) is 3.94. The molecule has 0 aliphatic heterocycles. The molecule has 0 aromatic heterocycles. The fourth-order valence-corrected chi connectivity index (χ4v) is 2.91. The maximum atomic E-state index is 12.3. The molecule has 0 saturated heterocycles. The second-order valence-electron chi connectivity index (χ2n) is 6.31. The molecule has 0 radical (unpaired) electrons. The van der Waals surface area contributed by atoms with Crippen molar-refractivity contribution in [1.29, 1.82) is 0 Å². The van der Waals surface area contributed by atoms with E-state index in [9.17, 15) is 9.90 Å². The van der Waals surface area contributed by atoms with Gasteiger partial charge >= 0.3 is 0 Å². The second kappa shape index (κ2) is 8.65. The number of aliphatic hydroxyl groups is 1. The van der Waals surface area contributed by atoms with E-state index in [2.05, 4.69) is 11.4 Å². The highest BCUT2D eigenvalue weighted by Crippen LogP contribution is 2.22. The average molecular weight is 342 g/mol. The lowest BCUT2D eigenvalue weighted by atomic mass is 10.1. The van der Waals surface area contributed by atoms with Crippen LogP contribution in [0.1, 0.15) is 22.7 Å². The molecule has 0 saturated carbocycles. The molecule has 5 heteroatoms. The van der Waals surface area contributed by atoms with Gasteiger partial charge in [-0.1, -0.05) is 18.2 Å². The summed E-state index contributed by atoms with van der Waals surface area (Å²) in [7, 11) is 3.44. The number of hydrogen-bond donors (Lipinski definition) is 2. The number of nitrogens with zero attached hydrogens (tertiary/aromatic N) is 1. The van der Waals surface area contributed by atoms with Gasteiger partial charge in [-0.3, -0.25) is 9.69 Å². The molecule has 1 amide bonds. The van der Waals surface area contributed by atoms with Gasteiger partial charge in [0.15, 0.2) is 0 Å². The number of carbonyl (C=O) groups excluding carboxylic acids is 1. The van der Waals surface area contributed by atoms with E-state index in [1.54, 1.807) is 7.11 Å². The van der Waals surface area contributed by atoms with E-state index in [0.717, 1.165) is 28.1 Å². The van der Waals surface area contributed by atoms with E-state index in [0.29, 0.717) is 0 Å². The van der Waals surface area contributed by atoms with Gasteiger partial charge in [-0.05, 0) is 61.9 Å². The smallest absolute Gasteiger partial charge is 0.238 e. The summed E-state index contributed by atoms with van der Waals surface area (Å²) in [6.07, 6.45) is 0. The third-order valence-electron chi connectivity index (χ3n) is 4.10. The zero-order chi connectivity index (χ0) is 18.4. The number of anilines is 1. The van der Waals surface area contributed by atoms with Crippen molar-refractivity contribution in [2.75, 3.05) is 32.6 Å². The van der Waals surface area contributed by atoms with Gasteiger partial charge in [-0.25, -0.2) is 0 Å². The van der Waals surface area contributed by atoms with Crippen LogP contribution in [-0.4, -0.2) is 43.2 Å². The Morgan fingerprint density at radius 1 is 1.16 bits per heavy atom. The van der Waals surface area contributed by atoms with E-state index >= 15 is 0 Å². The van der Waals surface area contributed by atoms with Crippen LogP contribution in [0.15, 0.2) is 42.5 Å². The molecule has 0 spiro atoms. The summed E-state index contributed by atoms with van der Waals surface area (Å²) < 4.78 is 5.15. The summed E-state index contributed by atoms with van der Waals surface area (Å²) in [6, 6.07) is 13.2. The number of aryl methyl sites for hydroxylation is 2. The minimum absolute atomic E-state index is 0.0698. The molecule has 5 nitrogen and oxygen atoms in total. The van der Waals surface area contributed by atoms with Crippen LogP contribution in [0.2, 0.25) is 0 Å². The average Bonchev–Trinajstić information content (AvgIpc) is 2.55. The topological polar surface area (TPSA) is 61.8 Å². The number of amides is 1. The molecule has 0 heterocycles. The van der Waals surface area contributed by atoms with Gasteiger partial charge in [0.2, 0.25) is 5.91 Å². The number of likely N-dealkylation sites (N-methyl/N-ethyl adjacent to an activating group) is 1. The van der Waals surface area contributed by atoms with E-state index < -0.39 is 0 Å². The number of nitrogens with one attached hydrogen (secondary N) is 1. The Hall–Kier alpha value is -2.37. The first-order chi connectivity index (χ1) is 11.9. The van der Waals surface area contributed by atoms with Gasteiger partial charge in [0.05, 0.1) is 26.3 Å². The largest absolute Gasteiger partial charge is 0.497 e. The lowest BCUT2D eigenvalue weighted by Crippen LogP contribution is -2.35. The van der Waals surface area contributed by atoms with Crippen molar-refractivity contribution in [1.82, 2.24) is 4.90 Å². The van der Waals surface area contributed by atoms with Gasteiger partial charge in [-0.2, -0.15) is 0 Å². The number of benzene rings is 2. The molecular weight excluding hydrogens is 316 g/mol. The van der Waals surface area contributed by atoms with Crippen LogP contribution in [0.25, 0.3) is 0 Å². The Morgan fingerprint density at radius 3 is 2.28 bits per heavy atom. The molecule has 0 fully saturated rings. The zero-order valence-electron chi connectivity index (χ0n) is 15.2. The maximum Gasteiger partial charge on any atom is 0.238 e. The van der Waals surface area contributed by atoms with Gasteiger partial charge in [0, 0.05) is 5.69 Å². The number of methoxy groups -OCH3 is 1. The number of hydrogen-bond acceptors (Lipinski definition) is 4. The molecule has 1 atom stereocenters. The molecule has 2 aromatic carbocycles. The molecule has 134 valence electrons. The predicted octanol–water partition coefficient (Wildman–Crippen LogP) is 2.92.